The zero-order valence-electron chi connectivity index (χ0n) is 12.2. The summed E-state index contributed by atoms with van der Waals surface area (Å²) in [5, 5.41) is 15.5. The van der Waals surface area contributed by atoms with Crippen LogP contribution in [0.3, 0.4) is 0 Å². The highest BCUT2D eigenvalue weighted by Gasteiger charge is 2.32. The van der Waals surface area contributed by atoms with Crippen LogP contribution in [0, 0.1) is 0 Å². The lowest BCUT2D eigenvalue weighted by atomic mass is 10.0. The van der Waals surface area contributed by atoms with Gasteiger partial charge < -0.3 is 25.2 Å². The third-order valence-corrected chi connectivity index (χ3v) is 3.52. The highest BCUT2D eigenvalue weighted by Crippen LogP contribution is 2.16. The standard InChI is InChI=1S/C15H22N2O4/c1-20-13-4-2-12(3-5-13)6-8-16-14(18)17-10-15(19)7-9-21-11-15/h2-5,19H,6-11H2,1H3,(H2,16,17,18)/t15-/m1/s1. The Hall–Kier alpha value is -1.79. The molecule has 0 bridgehead atoms. The van der Waals surface area contributed by atoms with Crippen LogP contribution >= 0.6 is 0 Å². The zero-order valence-corrected chi connectivity index (χ0v) is 12.2. The van der Waals surface area contributed by atoms with Crippen molar-refractivity contribution in [3.8, 4) is 5.75 Å². The Labute approximate surface area is 124 Å². The van der Waals surface area contributed by atoms with E-state index < -0.39 is 5.60 Å². The maximum absolute atomic E-state index is 11.6. The molecule has 1 fully saturated rings. The van der Waals surface area contributed by atoms with Crippen molar-refractivity contribution in [3.63, 3.8) is 0 Å². The van der Waals surface area contributed by atoms with Gasteiger partial charge in [0, 0.05) is 19.6 Å². The molecular formula is C15H22N2O4. The van der Waals surface area contributed by atoms with Crippen LogP contribution in [0.1, 0.15) is 12.0 Å². The summed E-state index contributed by atoms with van der Waals surface area (Å²) in [4.78, 5) is 11.6. The van der Waals surface area contributed by atoms with Gasteiger partial charge in [-0.15, -0.1) is 0 Å². The average molecular weight is 294 g/mol. The molecule has 2 rings (SSSR count). The molecule has 6 nitrogen and oxygen atoms in total. The average Bonchev–Trinajstić information content (AvgIpc) is 2.93. The molecule has 0 saturated carbocycles. The van der Waals surface area contributed by atoms with Crippen LogP contribution in [0.2, 0.25) is 0 Å². The van der Waals surface area contributed by atoms with Crippen LogP contribution in [0.15, 0.2) is 24.3 Å². The molecule has 1 aromatic rings. The number of carbonyl (C=O) groups excluding carboxylic acids is 1. The van der Waals surface area contributed by atoms with Gasteiger partial charge in [0.25, 0.3) is 0 Å². The van der Waals surface area contributed by atoms with Gasteiger partial charge in [-0.3, -0.25) is 0 Å². The van der Waals surface area contributed by atoms with E-state index in [0.29, 0.717) is 19.6 Å². The van der Waals surface area contributed by atoms with Crippen LogP contribution in [-0.2, 0) is 11.2 Å². The Morgan fingerprint density at radius 2 is 2.14 bits per heavy atom. The Kier molecular flexibility index (Phi) is 5.41. The number of nitrogens with one attached hydrogen (secondary N) is 2. The number of ether oxygens (including phenoxy) is 2. The van der Waals surface area contributed by atoms with Crippen LogP contribution in [0.25, 0.3) is 0 Å². The summed E-state index contributed by atoms with van der Waals surface area (Å²) < 4.78 is 10.2. The molecule has 1 aromatic carbocycles. The number of hydrogen-bond donors (Lipinski definition) is 3. The summed E-state index contributed by atoms with van der Waals surface area (Å²) in [6.07, 6.45) is 1.30. The molecule has 1 saturated heterocycles. The van der Waals surface area contributed by atoms with Crippen molar-refractivity contribution in [1.82, 2.24) is 10.6 Å². The van der Waals surface area contributed by atoms with Crippen molar-refractivity contribution >= 4 is 6.03 Å². The number of urea groups is 1. The summed E-state index contributed by atoms with van der Waals surface area (Å²) in [5.74, 6) is 0.816. The maximum atomic E-state index is 11.6. The third kappa shape index (κ3) is 4.91. The van der Waals surface area contributed by atoms with E-state index in [-0.39, 0.29) is 19.2 Å². The van der Waals surface area contributed by atoms with Gasteiger partial charge in [0.2, 0.25) is 0 Å². The lowest BCUT2D eigenvalue weighted by Gasteiger charge is -2.20. The van der Waals surface area contributed by atoms with E-state index in [0.717, 1.165) is 17.7 Å². The van der Waals surface area contributed by atoms with Gasteiger partial charge in [0.05, 0.1) is 20.3 Å². The highest BCUT2D eigenvalue weighted by molar-refractivity contribution is 5.73. The maximum Gasteiger partial charge on any atom is 0.314 e. The van der Waals surface area contributed by atoms with Gasteiger partial charge in [0.1, 0.15) is 11.4 Å². The Morgan fingerprint density at radius 1 is 1.38 bits per heavy atom. The lowest BCUT2D eigenvalue weighted by molar-refractivity contribution is 0.0292. The van der Waals surface area contributed by atoms with E-state index in [2.05, 4.69) is 10.6 Å². The number of methoxy groups -OCH3 is 1. The SMILES string of the molecule is COc1ccc(CCNC(=O)NC[C@]2(O)CCOC2)cc1. The van der Waals surface area contributed by atoms with Crippen molar-refractivity contribution in [2.45, 2.75) is 18.4 Å². The summed E-state index contributed by atoms with van der Waals surface area (Å²) in [6.45, 7) is 1.56. The Bertz CT molecular complexity index is 455. The lowest BCUT2D eigenvalue weighted by Crippen LogP contribution is -2.47. The molecule has 3 N–H and O–H groups in total. The van der Waals surface area contributed by atoms with E-state index in [1.54, 1.807) is 7.11 Å². The largest absolute Gasteiger partial charge is 0.497 e. The number of benzene rings is 1. The van der Waals surface area contributed by atoms with Gasteiger partial charge in [-0.25, -0.2) is 4.79 Å². The molecule has 6 heteroatoms. The molecule has 21 heavy (non-hydrogen) atoms. The fraction of sp³-hybridized carbons (Fsp3) is 0.533. The van der Waals surface area contributed by atoms with E-state index in [1.807, 2.05) is 24.3 Å². The van der Waals surface area contributed by atoms with Gasteiger partial charge in [-0.1, -0.05) is 12.1 Å². The van der Waals surface area contributed by atoms with Crippen LogP contribution in [-0.4, -0.2) is 50.2 Å². The fourth-order valence-corrected chi connectivity index (χ4v) is 2.16. The molecule has 0 spiro atoms. The van der Waals surface area contributed by atoms with E-state index in [4.69, 9.17) is 9.47 Å². The van der Waals surface area contributed by atoms with Gasteiger partial charge in [-0.2, -0.15) is 0 Å². The summed E-state index contributed by atoms with van der Waals surface area (Å²) in [6, 6.07) is 7.45. The molecule has 1 aliphatic heterocycles. The van der Waals surface area contributed by atoms with Crippen LogP contribution in [0.5, 0.6) is 5.75 Å². The summed E-state index contributed by atoms with van der Waals surface area (Å²) >= 11 is 0. The zero-order chi connectivity index (χ0) is 15.1. The topological polar surface area (TPSA) is 79.8 Å². The normalized spacial score (nSPS) is 21.0. The smallest absolute Gasteiger partial charge is 0.314 e. The highest BCUT2D eigenvalue weighted by atomic mass is 16.5. The third-order valence-electron chi connectivity index (χ3n) is 3.52. The van der Waals surface area contributed by atoms with Crippen molar-refractivity contribution in [2.75, 3.05) is 33.4 Å². The predicted octanol–water partition coefficient (Wildman–Crippen LogP) is 0.688. The fourth-order valence-electron chi connectivity index (χ4n) is 2.16. The molecule has 0 aromatic heterocycles. The van der Waals surface area contributed by atoms with E-state index >= 15 is 0 Å². The first-order valence-electron chi connectivity index (χ1n) is 7.06. The summed E-state index contributed by atoms with van der Waals surface area (Å²) in [5.41, 5.74) is 0.201. The van der Waals surface area contributed by atoms with E-state index in [1.165, 1.54) is 0 Å². The quantitative estimate of drug-likeness (QED) is 0.721. The predicted molar refractivity (Wildman–Crippen MR) is 78.5 cm³/mol. The number of aliphatic hydroxyl groups is 1. The Balaban J connectivity index is 1.64. The number of amides is 2. The molecule has 2 amide bonds. The van der Waals surface area contributed by atoms with Gasteiger partial charge >= 0.3 is 6.03 Å². The first-order valence-corrected chi connectivity index (χ1v) is 7.06. The molecule has 1 heterocycles. The van der Waals surface area contributed by atoms with Crippen molar-refractivity contribution < 1.29 is 19.4 Å². The van der Waals surface area contributed by atoms with Gasteiger partial charge in [0.15, 0.2) is 0 Å². The minimum atomic E-state index is -0.923. The van der Waals surface area contributed by atoms with Crippen molar-refractivity contribution in [2.24, 2.45) is 0 Å². The molecule has 1 atom stereocenters. The molecule has 116 valence electrons. The van der Waals surface area contributed by atoms with Gasteiger partial charge in [-0.05, 0) is 24.1 Å². The number of carbonyl (C=O) groups is 1. The monoisotopic (exact) mass is 294 g/mol. The second-order valence-electron chi connectivity index (χ2n) is 5.23. The molecular weight excluding hydrogens is 272 g/mol. The summed E-state index contributed by atoms with van der Waals surface area (Å²) in [7, 11) is 1.63. The number of hydrogen-bond acceptors (Lipinski definition) is 4. The van der Waals surface area contributed by atoms with Crippen LogP contribution < -0.4 is 15.4 Å². The molecule has 0 aliphatic carbocycles. The first-order chi connectivity index (χ1) is 10.1. The minimum Gasteiger partial charge on any atom is -0.497 e. The van der Waals surface area contributed by atoms with Crippen LogP contribution in [0.4, 0.5) is 4.79 Å². The van der Waals surface area contributed by atoms with Crippen molar-refractivity contribution in [3.05, 3.63) is 29.8 Å². The second kappa shape index (κ2) is 7.28. The molecule has 0 unspecified atom stereocenters. The van der Waals surface area contributed by atoms with Crippen molar-refractivity contribution in [1.29, 1.82) is 0 Å². The minimum absolute atomic E-state index is 0.210. The number of rotatable bonds is 6. The van der Waals surface area contributed by atoms with E-state index in [9.17, 15) is 9.90 Å². The first kappa shape index (κ1) is 15.6. The second-order valence-corrected chi connectivity index (χ2v) is 5.23. The molecule has 1 aliphatic rings. The molecule has 0 radical (unpaired) electrons. The Morgan fingerprint density at radius 3 is 2.76 bits per heavy atom.